The molecule has 2 aromatic rings. The van der Waals surface area contributed by atoms with Crippen LogP contribution >= 0.6 is 0 Å². The monoisotopic (exact) mass is 465 g/mol. The molecule has 32 heavy (non-hydrogen) atoms. The van der Waals surface area contributed by atoms with Crippen molar-refractivity contribution in [3.63, 3.8) is 0 Å². The molecule has 0 aliphatic rings. The van der Waals surface area contributed by atoms with E-state index in [-0.39, 0.29) is 25.3 Å². The summed E-state index contributed by atoms with van der Waals surface area (Å²) < 4.78 is 89.7. The van der Waals surface area contributed by atoms with E-state index in [1.807, 2.05) is 0 Å². The molecule has 2 rings (SSSR count). The van der Waals surface area contributed by atoms with Crippen molar-refractivity contribution in [3.05, 3.63) is 59.7 Å². The maximum Gasteiger partial charge on any atom is 0.573 e. The van der Waals surface area contributed by atoms with Crippen LogP contribution in [0.1, 0.15) is 17.5 Å². The molecule has 0 N–H and O–H groups in total. The van der Waals surface area contributed by atoms with E-state index in [2.05, 4.69) is 4.74 Å². The molecule has 0 aliphatic carbocycles. The van der Waals surface area contributed by atoms with Gasteiger partial charge < -0.3 is 14.2 Å². The van der Waals surface area contributed by atoms with Crippen molar-refractivity contribution in [1.29, 1.82) is 0 Å². The van der Waals surface area contributed by atoms with Crippen molar-refractivity contribution in [2.45, 2.75) is 38.3 Å². The van der Waals surface area contributed by atoms with Gasteiger partial charge in [-0.05, 0) is 55.6 Å². The lowest BCUT2D eigenvalue weighted by Crippen LogP contribution is -2.31. The lowest BCUT2D eigenvalue weighted by atomic mass is 10.0. The van der Waals surface area contributed by atoms with Gasteiger partial charge in [0.1, 0.15) is 18.1 Å². The molecule has 0 aliphatic heterocycles. The summed E-state index contributed by atoms with van der Waals surface area (Å²) in [5.41, 5.74) is 1.44. The second-order valence-electron chi connectivity index (χ2n) is 7.06. The van der Waals surface area contributed by atoms with Crippen molar-refractivity contribution in [3.8, 4) is 11.5 Å². The Kier molecular flexibility index (Phi) is 10.1. The zero-order valence-corrected chi connectivity index (χ0v) is 17.5. The van der Waals surface area contributed by atoms with Gasteiger partial charge in [0, 0.05) is 6.54 Å². The Morgan fingerprint density at radius 2 is 1.75 bits per heavy atom. The summed E-state index contributed by atoms with van der Waals surface area (Å²) in [4.78, 5) is 0.819. The summed E-state index contributed by atoms with van der Waals surface area (Å²) in [5.74, 6) is 0.212. The molecule has 1 atom stereocenters. The third-order valence-electron chi connectivity index (χ3n) is 4.65. The highest BCUT2D eigenvalue weighted by molar-refractivity contribution is 5.35. The number of alkyl halides is 6. The van der Waals surface area contributed by atoms with Crippen molar-refractivity contribution < 1.29 is 40.6 Å². The Hall–Kier alpha value is -2.46. The van der Waals surface area contributed by atoms with Gasteiger partial charge in [0.15, 0.2) is 6.86 Å². The number of benzene rings is 2. The standard InChI is InChI=1S/C22H25F6NO3/c1-29(21(24)25)12-11-19(31-15-23)14-30-20-8-3-2-6-17(20)10-9-16-5-4-7-18(13-16)32-22(26,27)28/h2-8,13,19,21H,9-12,14-15H2,1H3/t19-/m0/s1. The molecule has 0 heterocycles. The molecule has 0 saturated heterocycles. The van der Waals surface area contributed by atoms with Crippen molar-refractivity contribution in [2.24, 2.45) is 0 Å². The number of halogens is 6. The van der Waals surface area contributed by atoms with Gasteiger partial charge in [-0.2, -0.15) is 8.78 Å². The number of ether oxygens (including phenoxy) is 3. The summed E-state index contributed by atoms with van der Waals surface area (Å²) in [6.45, 7) is -3.72. The third kappa shape index (κ3) is 9.35. The quantitative estimate of drug-likeness (QED) is 0.284. The first-order valence-corrected chi connectivity index (χ1v) is 9.89. The first-order chi connectivity index (χ1) is 15.2. The summed E-state index contributed by atoms with van der Waals surface area (Å²) in [7, 11) is 1.25. The fraction of sp³-hybridized carbons (Fsp3) is 0.455. The fourth-order valence-electron chi connectivity index (χ4n) is 2.96. The Balaban J connectivity index is 1.96. The molecule has 0 spiro atoms. The number of hydrogen-bond donors (Lipinski definition) is 0. The van der Waals surface area contributed by atoms with E-state index in [1.165, 1.54) is 25.2 Å². The molecule has 2 aromatic carbocycles. The molecular weight excluding hydrogens is 440 g/mol. The Morgan fingerprint density at radius 1 is 1.00 bits per heavy atom. The van der Waals surface area contributed by atoms with Gasteiger partial charge in [0.25, 0.3) is 6.55 Å². The van der Waals surface area contributed by atoms with E-state index in [4.69, 9.17) is 9.47 Å². The Bertz CT molecular complexity index is 818. The zero-order valence-electron chi connectivity index (χ0n) is 17.5. The molecule has 0 fully saturated rings. The van der Waals surface area contributed by atoms with E-state index in [9.17, 15) is 26.3 Å². The van der Waals surface area contributed by atoms with Gasteiger partial charge in [-0.25, -0.2) is 4.39 Å². The highest BCUT2D eigenvalue weighted by Crippen LogP contribution is 2.25. The van der Waals surface area contributed by atoms with Crippen LogP contribution in [0.2, 0.25) is 0 Å². The highest BCUT2D eigenvalue weighted by atomic mass is 19.4. The molecule has 10 heteroatoms. The van der Waals surface area contributed by atoms with Crippen molar-refractivity contribution >= 4 is 0 Å². The van der Waals surface area contributed by atoms with E-state index in [0.717, 1.165) is 10.5 Å². The normalized spacial score (nSPS) is 12.9. The zero-order chi connectivity index (χ0) is 23.6. The van der Waals surface area contributed by atoms with Crippen LogP contribution in [0.3, 0.4) is 0 Å². The van der Waals surface area contributed by atoms with Gasteiger partial charge >= 0.3 is 6.36 Å². The van der Waals surface area contributed by atoms with E-state index in [0.29, 0.717) is 24.2 Å². The van der Waals surface area contributed by atoms with Crippen LogP contribution in [0.4, 0.5) is 26.3 Å². The SMILES string of the molecule is CN(CC[C@@H](COc1ccccc1CCc1cccc(OC(F)(F)F)c1)OCF)C(F)F. The molecule has 0 amide bonds. The van der Waals surface area contributed by atoms with Crippen LogP contribution < -0.4 is 9.47 Å². The highest BCUT2D eigenvalue weighted by Gasteiger charge is 2.31. The number of para-hydroxylation sites is 1. The summed E-state index contributed by atoms with van der Waals surface area (Å²) >= 11 is 0. The van der Waals surface area contributed by atoms with E-state index >= 15 is 0 Å². The average Bonchev–Trinajstić information content (AvgIpc) is 2.73. The smallest absolute Gasteiger partial charge is 0.491 e. The van der Waals surface area contributed by atoms with Gasteiger partial charge in [0.05, 0.1) is 6.10 Å². The van der Waals surface area contributed by atoms with Crippen LogP contribution in [0, 0.1) is 0 Å². The minimum Gasteiger partial charge on any atom is -0.491 e. The van der Waals surface area contributed by atoms with Crippen LogP contribution in [-0.4, -0.2) is 51.0 Å². The van der Waals surface area contributed by atoms with Crippen LogP contribution in [0.15, 0.2) is 48.5 Å². The van der Waals surface area contributed by atoms with Gasteiger partial charge in [-0.3, -0.25) is 4.90 Å². The van der Waals surface area contributed by atoms with Crippen molar-refractivity contribution in [2.75, 3.05) is 27.1 Å². The predicted octanol–water partition coefficient (Wildman–Crippen LogP) is 5.61. The topological polar surface area (TPSA) is 30.9 Å². The number of aryl methyl sites for hydroxylation is 2. The van der Waals surface area contributed by atoms with Crippen LogP contribution in [0.25, 0.3) is 0 Å². The van der Waals surface area contributed by atoms with Crippen LogP contribution in [0.5, 0.6) is 11.5 Å². The minimum atomic E-state index is -4.76. The molecule has 0 unspecified atom stereocenters. The maximum atomic E-state index is 12.7. The van der Waals surface area contributed by atoms with Gasteiger partial charge in [0.2, 0.25) is 0 Å². The molecule has 0 bridgehead atoms. The first kappa shape index (κ1) is 25.8. The predicted molar refractivity (Wildman–Crippen MR) is 107 cm³/mol. The fourth-order valence-corrected chi connectivity index (χ4v) is 2.96. The second kappa shape index (κ2) is 12.5. The van der Waals surface area contributed by atoms with Crippen LogP contribution in [-0.2, 0) is 17.6 Å². The molecule has 4 nitrogen and oxygen atoms in total. The number of nitrogens with zero attached hydrogens (tertiary/aromatic N) is 1. The molecule has 0 saturated carbocycles. The van der Waals surface area contributed by atoms with E-state index in [1.54, 1.807) is 30.3 Å². The molecule has 0 radical (unpaired) electrons. The van der Waals surface area contributed by atoms with E-state index < -0.39 is 25.9 Å². The Morgan fingerprint density at radius 3 is 2.44 bits per heavy atom. The second-order valence-corrected chi connectivity index (χ2v) is 7.06. The number of hydrogen-bond acceptors (Lipinski definition) is 4. The largest absolute Gasteiger partial charge is 0.573 e. The average molecular weight is 465 g/mol. The van der Waals surface area contributed by atoms with Crippen molar-refractivity contribution in [1.82, 2.24) is 4.90 Å². The van der Waals surface area contributed by atoms with Gasteiger partial charge in [-0.1, -0.05) is 30.3 Å². The van der Waals surface area contributed by atoms with Gasteiger partial charge in [-0.15, -0.1) is 13.2 Å². The Labute approximate surface area is 182 Å². The summed E-state index contributed by atoms with van der Waals surface area (Å²) in [5, 5.41) is 0. The lowest BCUT2D eigenvalue weighted by Gasteiger charge is -2.21. The first-order valence-electron chi connectivity index (χ1n) is 9.89. The third-order valence-corrected chi connectivity index (χ3v) is 4.65. The number of rotatable bonds is 13. The summed E-state index contributed by atoms with van der Waals surface area (Å²) in [6, 6.07) is 12.8. The minimum absolute atomic E-state index is 0.00365. The maximum absolute atomic E-state index is 12.7. The lowest BCUT2D eigenvalue weighted by molar-refractivity contribution is -0.274. The molecule has 178 valence electrons. The molecular formula is C22H25F6NO3. The molecule has 0 aromatic heterocycles. The summed E-state index contributed by atoms with van der Waals surface area (Å²) in [6.07, 6.45) is -4.43.